The van der Waals surface area contributed by atoms with Crippen molar-refractivity contribution in [3.8, 4) is 5.75 Å². The van der Waals surface area contributed by atoms with Gasteiger partial charge in [-0.25, -0.2) is 9.59 Å². The summed E-state index contributed by atoms with van der Waals surface area (Å²) in [4.78, 5) is 73.3. The number of carbonyl (C=O) groups is 5. The van der Waals surface area contributed by atoms with E-state index in [1.54, 1.807) is 20.8 Å². The summed E-state index contributed by atoms with van der Waals surface area (Å²) < 4.78 is 10.5. The van der Waals surface area contributed by atoms with E-state index >= 15 is 0 Å². The van der Waals surface area contributed by atoms with Crippen LogP contribution in [-0.2, 0) is 23.9 Å². The third-order valence-corrected chi connectivity index (χ3v) is 5.57. The number of rotatable bonds is 15. The van der Waals surface area contributed by atoms with Gasteiger partial charge in [-0.1, -0.05) is 27.7 Å². The Hall–Kier alpha value is -4.23. The van der Waals surface area contributed by atoms with Crippen LogP contribution in [0.1, 0.15) is 74.1 Å². The van der Waals surface area contributed by atoms with Crippen molar-refractivity contribution in [2.75, 3.05) is 0 Å². The van der Waals surface area contributed by atoms with E-state index in [9.17, 15) is 34.1 Å². The Bertz CT molecular complexity index is 1110. The van der Waals surface area contributed by atoms with Crippen LogP contribution in [0.15, 0.2) is 24.3 Å². The van der Waals surface area contributed by atoms with Crippen LogP contribution in [0.25, 0.3) is 0 Å². The third kappa shape index (κ3) is 13.9. The number of alkyl carbamates (subject to hydrolysis) is 1. The number of nitro groups is 1. The second-order valence-corrected chi connectivity index (χ2v) is 11.7. The van der Waals surface area contributed by atoms with Crippen LogP contribution < -0.4 is 20.7 Å². The Kier molecular flexibility index (Phi) is 13.9. The van der Waals surface area contributed by atoms with E-state index in [1.165, 1.54) is 12.1 Å². The van der Waals surface area contributed by atoms with E-state index < -0.39 is 64.9 Å². The van der Waals surface area contributed by atoms with Gasteiger partial charge < -0.3 is 30.5 Å². The highest BCUT2D eigenvalue weighted by Crippen LogP contribution is 2.18. The predicted molar refractivity (Wildman–Crippen MR) is 152 cm³/mol. The van der Waals surface area contributed by atoms with Crippen molar-refractivity contribution < 1.29 is 43.5 Å². The van der Waals surface area contributed by atoms with E-state index in [0.717, 1.165) is 12.1 Å². The Morgan fingerprint density at radius 1 is 0.857 bits per heavy atom. The number of benzene rings is 1. The molecule has 0 aliphatic heterocycles. The molecule has 3 atom stereocenters. The molecule has 0 bridgehead atoms. The summed E-state index contributed by atoms with van der Waals surface area (Å²) in [5.41, 5.74) is -1.02. The number of nitrogens with one attached hydrogen (secondary N) is 3. The largest absolute Gasteiger partial charge is 0.481 e. The Balaban J connectivity index is 3.12. The molecule has 1 rings (SSSR count). The minimum absolute atomic E-state index is 0.00246. The van der Waals surface area contributed by atoms with Crippen molar-refractivity contribution in [2.24, 2.45) is 11.8 Å². The second-order valence-electron chi connectivity index (χ2n) is 11.7. The summed E-state index contributed by atoms with van der Waals surface area (Å²) in [5.74, 6) is -3.71. The molecular formula is C28H42N4O10. The molecule has 1 aromatic rings. The number of ether oxygens (including phenoxy) is 2. The molecule has 0 heterocycles. The van der Waals surface area contributed by atoms with E-state index in [0.29, 0.717) is 0 Å². The standard InChI is InChI=1S/C28H42N4O10/c1-16(2)14-21(30-25(36)22(15-17(3)4)31-27(38)42-28(5,6)7)24(35)29-20(12-13-23(33)34)26(37)41-19-10-8-18(9-11-19)32(39)40/h8-11,16-17,20-22H,12-15H2,1-7H3,(H,29,35)(H,30,36)(H,31,38)(H,33,34)/t20-,21-,22-/m0/s1. The van der Waals surface area contributed by atoms with Gasteiger partial charge in [0.15, 0.2) is 0 Å². The highest BCUT2D eigenvalue weighted by Gasteiger charge is 2.32. The lowest BCUT2D eigenvalue weighted by molar-refractivity contribution is -0.384. The summed E-state index contributed by atoms with van der Waals surface area (Å²) in [5, 5.41) is 27.7. The molecule has 42 heavy (non-hydrogen) atoms. The number of carbonyl (C=O) groups excluding carboxylic acids is 4. The van der Waals surface area contributed by atoms with Crippen molar-refractivity contribution in [3.05, 3.63) is 34.4 Å². The van der Waals surface area contributed by atoms with Crippen molar-refractivity contribution in [1.82, 2.24) is 16.0 Å². The summed E-state index contributed by atoms with van der Waals surface area (Å²) in [6.45, 7) is 12.4. The number of hydrogen-bond acceptors (Lipinski definition) is 9. The van der Waals surface area contributed by atoms with E-state index in [-0.39, 0.29) is 42.5 Å². The van der Waals surface area contributed by atoms with Gasteiger partial charge in [0.2, 0.25) is 11.8 Å². The van der Waals surface area contributed by atoms with Crippen molar-refractivity contribution >= 4 is 35.5 Å². The summed E-state index contributed by atoms with van der Waals surface area (Å²) in [6.07, 6.45) is -1.16. The summed E-state index contributed by atoms with van der Waals surface area (Å²) in [7, 11) is 0. The molecule has 14 nitrogen and oxygen atoms in total. The van der Waals surface area contributed by atoms with Gasteiger partial charge >= 0.3 is 18.0 Å². The van der Waals surface area contributed by atoms with Gasteiger partial charge in [0.05, 0.1) is 4.92 Å². The Morgan fingerprint density at radius 3 is 1.76 bits per heavy atom. The second kappa shape index (κ2) is 16.3. The molecule has 0 fully saturated rings. The van der Waals surface area contributed by atoms with Crippen molar-refractivity contribution in [2.45, 2.75) is 97.9 Å². The maximum atomic E-state index is 13.3. The SMILES string of the molecule is CC(C)C[C@H](NC(=O)OC(C)(C)C)C(=O)N[C@@H](CC(C)C)C(=O)N[C@@H](CCC(=O)O)C(=O)Oc1ccc([N+](=O)[O-])cc1. The fourth-order valence-corrected chi connectivity index (χ4v) is 3.74. The van der Waals surface area contributed by atoms with Gasteiger partial charge in [-0.15, -0.1) is 0 Å². The smallest absolute Gasteiger partial charge is 0.408 e. The molecule has 0 radical (unpaired) electrons. The number of non-ortho nitro benzene ring substituents is 1. The molecule has 14 heteroatoms. The Morgan fingerprint density at radius 2 is 1.33 bits per heavy atom. The molecule has 0 saturated heterocycles. The molecule has 0 aliphatic carbocycles. The molecule has 234 valence electrons. The molecule has 3 amide bonds. The molecule has 4 N–H and O–H groups in total. The van der Waals surface area contributed by atoms with Crippen LogP contribution in [0.2, 0.25) is 0 Å². The zero-order valence-corrected chi connectivity index (χ0v) is 25.1. The summed E-state index contributed by atoms with van der Waals surface area (Å²) in [6, 6.07) is 1.09. The Labute approximate surface area is 245 Å². The monoisotopic (exact) mass is 594 g/mol. The molecule has 0 unspecified atom stereocenters. The summed E-state index contributed by atoms with van der Waals surface area (Å²) >= 11 is 0. The number of aliphatic carboxylic acids is 1. The van der Waals surface area contributed by atoms with E-state index in [1.807, 2.05) is 27.7 Å². The number of nitrogens with zero attached hydrogens (tertiary/aromatic N) is 1. The van der Waals surface area contributed by atoms with Crippen LogP contribution in [0, 0.1) is 22.0 Å². The number of esters is 1. The maximum absolute atomic E-state index is 13.3. The highest BCUT2D eigenvalue weighted by atomic mass is 16.6. The van der Waals surface area contributed by atoms with Crippen LogP contribution in [0.4, 0.5) is 10.5 Å². The van der Waals surface area contributed by atoms with Gasteiger partial charge in [0.25, 0.3) is 5.69 Å². The normalized spacial score (nSPS) is 13.5. The van der Waals surface area contributed by atoms with Crippen LogP contribution in [-0.4, -0.2) is 63.6 Å². The number of carboxylic acids is 1. The molecule has 0 spiro atoms. The maximum Gasteiger partial charge on any atom is 0.408 e. The molecule has 1 aromatic carbocycles. The van der Waals surface area contributed by atoms with E-state index in [4.69, 9.17) is 14.6 Å². The topological polar surface area (TPSA) is 203 Å². The first-order chi connectivity index (χ1) is 19.4. The average Bonchev–Trinajstić information content (AvgIpc) is 2.83. The first-order valence-corrected chi connectivity index (χ1v) is 13.7. The van der Waals surface area contributed by atoms with Gasteiger partial charge in [-0.3, -0.25) is 24.5 Å². The predicted octanol–water partition coefficient (Wildman–Crippen LogP) is 3.32. The minimum atomic E-state index is -1.40. The molecule has 0 saturated carbocycles. The zero-order valence-electron chi connectivity index (χ0n) is 25.1. The van der Waals surface area contributed by atoms with Crippen LogP contribution in [0.5, 0.6) is 5.75 Å². The van der Waals surface area contributed by atoms with E-state index in [2.05, 4.69) is 16.0 Å². The third-order valence-electron chi connectivity index (χ3n) is 5.57. The fraction of sp³-hybridized carbons (Fsp3) is 0.607. The lowest BCUT2D eigenvalue weighted by atomic mass is 9.99. The van der Waals surface area contributed by atoms with Gasteiger partial charge in [0.1, 0.15) is 29.5 Å². The number of nitro benzene ring substituents is 1. The van der Waals surface area contributed by atoms with Crippen LogP contribution >= 0.6 is 0 Å². The molecule has 0 aromatic heterocycles. The number of hydrogen-bond donors (Lipinski definition) is 4. The van der Waals surface area contributed by atoms with Crippen molar-refractivity contribution in [1.29, 1.82) is 0 Å². The number of carboxylic acid groups (broad SMARTS) is 1. The average molecular weight is 595 g/mol. The lowest BCUT2D eigenvalue weighted by Crippen LogP contribution is -2.56. The van der Waals surface area contributed by atoms with Crippen LogP contribution in [0.3, 0.4) is 0 Å². The zero-order chi connectivity index (χ0) is 32.2. The first-order valence-electron chi connectivity index (χ1n) is 13.7. The first kappa shape index (κ1) is 35.8. The fourth-order valence-electron chi connectivity index (χ4n) is 3.74. The van der Waals surface area contributed by atoms with Gasteiger partial charge in [-0.2, -0.15) is 0 Å². The highest BCUT2D eigenvalue weighted by molar-refractivity contribution is 5.93. The quantitative estimate of drug-likeness (QED) is 0.101. The van der Waals surface area contributed by atoms with Gasteiger partial charge in [-0.05, 0) is 64.0 Å². The molecule has 0 aliphatic rings. The van der Waals surface area contributed by atoms with Crippen molar-refractivity contribution in [3.63, 3.8) is 0 Å². The molecular weight excluding hydrogens is 552 g/mol. The van der Waals surface area contributed by atoms with Gasteiger partial charge in [0, 0.05) is 18.6 Å². The minimum Gasteiger partial charge on any atom is -0.481 e. The lowest BCUT2D eigenvalue weighted by Gasteiger charge is -2.27. The number of amides is 3.